The maximum absolute atomic E-state index is 13.9. The Bertz CT molecular complexity index is 617. The van der Waals surface area contributed by atoms with Gasteiger partial charge in [0.25, 0.3) is 0 Å². The molecule has 0 aliphatic carbocycles. The smallest absolute Gasteiger partial charge is 0.145 e. The van der Waals surface area contributed by atoms with E-state index in [4.69, 9.17) is 5.26 Å². The molecule has 0 amide bonds. The number of rotatable bonds is 6. The molecule has 2 nitrogen and oxygen atoms in total. The summed E-state index contributed by atoms with van der Waals surface area (Å²) < 4.78 is 13.9. The van der Waals surface area contributed by atoms with Gasteiger partial charge >= 0.3 is 0 Å². The molecule has 2 rings (SSSR count). The van der Waals surface area contributed by atoms with Crippen molar-refractivity contribution in [1.29, 1.82) is 5.26 Å². The highest BCUT2D eigenvalue weighted by molar-refractivity contribution is 5.34. The van der Waals surface area contributed by atoms with Crippen LogP contribution in [0.1, 0.15) is 36.0 Å². The van der Waals surface area contributed by atoms with E-state index in [-0.39, 0.29) is 5.56 Å². The molecule has 0 radical (unpaired) electrons. The number of benzene rings is 2. The summed E-state index contributed by atoms with van der Waals surface area (Å²) in [5, 5.41) is 12.0. The SMILES string of the molecule is CC(CCNCc1cccc(C#N)c1F)c1ccccc1. The van der Waals surface area contributed by atoms with E-state index < -0.39 is 5.82 Å². The van der Waals surface area contributed by atoms with Crippen molar-refractivity contribution in [3.05, 3.63) is 71.0 Å². The van der Waals surface area contributed by atoms with Gasteiger partial charge in [-0.2, -0.15) is 5.26 Å². The standard InChI is InChI=1S/C18H19FN2/c1-14(15-6-3-2-4-7-15)10-11-21-13-17-9-5-8-16(12-20)18(17)19/h2-9,14,21H,10-11,13H2,1H3. The fourth-order valence-electron chi connectivity index (χ4n) is 2.29. The molecular formula is C18H19FN2. The second-order valence-corrected chi connectivity index (χ2v) is 5.17. The lowest BCUT2D eigenvalue weighted by Crippen LogP contribution is -2.17. The first-order valence-corrected chi connectivity index (χ1v) is 7.15. The molecule has 0 spiro atoms. The van der Waals surface area contributed by atoms with Crippen LogP contribution in [0.2, 0.25) is 0 Å². The molecule has 0 bridgehead atoms. The molecule has 0 aromatic heterocycles. The van der Waals surface area contributed by atoms with Crippen molar-refractivity contribution in [1.82, 2.24) is 5.32 Å². The molecule has 0 aliphatic rings. The summed E-state index contributed by atoms with van der Waals surface area (Å²) in [5.41, 5.74) is 1.96. The van der Waals surface area contributed by atoms with Crippen LogP contribution in [0.5, 0.6) is 0 Å². The summed E-state index contributed by atoms with van der Waals surface area (Å²) in [7, 11) is 0. The summed E-state index contributed by atoms with van der Waals surface area (Å²) in [4.78, 5) is 0. The van der Waals surface area contributed by atoms with Crippen molar-refractivity contribution in [2.45, 2.75) is 25.8 Å². The van der Waals surface area contributed by atoms with Crippen LogP contribution in [0.25, 0.3) is 0 Å². The van der Waals surface area contributed by atoms with Crippen molar-refractivity contribution >= 4 is 0 Å². The molecule has 0 saturated heterocycles. The van der Waals surface area contributed by atoms with Crippen LogP contribution in [0.4, 0.5) is 4.39 Å². The van der Waals surface area contributed by atoms with E-state index in [1.165, 1.54) is 11.6 Å². The Morgan fingerprint density at radius 1 is 1.14 bits per heavy atom. The van der Waals surface area contributed by atoms with E-state index in [0.29, 0.717) is 18.0 Å². The first-order valence-electron chi connectivity index (χ1n) is 7.15. The lowest BCUT2D eigenvalue weighted by Gasteiger charge is -2.12. The van der Waals surface area contributed by atoms with E-state index in [1.807, 2.05) is 24.3 Å². The Morgan fingerprint density at radius 3 is 2.62 bits per heavy atom. The summed E-state index contributed by atoms with van der Waals surface area (Å²) in [6, 6.07) is 17.1. The molecule has 3 heteroatoms. The monoisotopic (exact) mass is 282 g/mol. The van der Waals surface area contributed by atoms with Crippen LogP contribution >= 0.6 is 0 Å². The van der Waals surface area contributed by atoms with Gasteiger partial charge in [-0.25, -0.2) is 4.39 Å². The third-order valence-corrected chi connectivity index (χ3v) is 3.64. The number of hydrogen-bond donors (Lipinski definition) is 1. The van der Waals surface area contributed by atoms with E-state index in [9.17, 15) is 4.39 Å². The van der Waals surface area contributed by atoms with Gasteiger partial charge in [-0.15, -0.1) is 0 Å². The molecule has 0 aliphatic heterocycles. The van der Waals surface area contributed by atoms with Crippen LogP contribution in [0.3, 0.4) is 0 Å². The summed E-state index contributed by atoms with van der Waals surface area (Å²) in [6.07, 6.45) is 0.990. The molecule has 1 atom stereocenters. The fourth-order valence-corrected chi connectivity index (χ4v) is 2.29. The molecule has 2 aromatic rings. The van der Waals surface area contributed by atoms with Gasteiger partial charge in [0, 0.05) is 12.1 Å². The predicted molar refractivity (Wildman–Crippen MR) is 82.3 cm³/mol. The van der Waals surface area contributed by atoms with E-state index in [1.54, 1.807) is 12.1 Å². The van der Waals surface area contributed by atoms with Crippen LogP contribution < -0.4 is 5.32 Å². The molecule has 1 unspecified atom stereocenters. The minimum Gasteiger partial charge on any atom is -0.313 e. The normalized spacial score (nSPS) is 11.9. The molecule has 1 N–H and O–H groups in total. The summed E-state index contributed by atoms with van der Waals surface area (Å²) in [5.74, 6) is 0.0533. The number of nitriles is 1. The Morgan fingerprint density at radius 2 is 1.90 bits per heavy atom. The Hall–Kier alpha value is -2.18. The third-order valence-electron chi connectivity index (χ3n) is 3.64. The molecular weight excluding hydrogens is 263 g/mol. The second-order valence-electron chi connectivity index (χ2n) is 5.17. The highest BCUT2D eigenvalue weighted by Gasteiger charge is 2.08. The average molecular weight is 282 g/mol. The number of nitrogens with one attached hydrogen (secondary N) is 1. The van der Waals surface area contributed by atoms with Crippen LogP contribution in [0.15, 0.2) is 48.5 Å². The zero-order valence-corrected chi connectivity index (χ0v) is 12.1. The third kappa shape index (κ3) is 4.14. The van der Waals surface area contributed by atoms with Crippen molar-refractivity contribution in [2.75, 3.05) is 6.54 Å². The van der Waals surface area contributed by atoms with Gasteiger partial charge < -0.3 is 5.32 Å². The molecule has 21 heavy (non-hydrogen) atoms. The molecule has 0 saturated carbocycles. The van der Waals surface area contributed by atoms with E-state index in [0.717, 1.165) is 13.0 Å². The number of halogens is 1. The van der Waals surface area contributed by atoms with Crippen molar-refractivity contribution < 1.29 is 4.39 Å². The predicted octanol–water partition coefficient (Wildman–Crippen LogP) is 3.98. The lowest BCUT2D eigenvalue weighted by atomic mass is 9.98. The van der Waals surface area contributed by atoms with Gasteiger partial charge in [-0.3, -0.25) is 0 Å². The topological polar surface area (TPSA) is 35.8 Å². The summed E-state index contributed by atoms with van der Waals surface area (Å²) >= 11 is 0. The van der Waals surface area contributed by atoms with Crippen molar-refractivity contribution in [3.63, 3.8) is 0 Å². The minimum atomic E-state index is -0.413. The fraction of sp³-hybridized carbons (Fsp3) is 0.278. The van der Waals surface area contributed by atoms with Gasteiger partial charge in [-0.1, -0.05) is 49.4 Å². The van der Waals surface area contributed by atoms with Gasteiger partial charge in [0.2, 0.25) is 0 Å². The molecule has 0 heterocycles. The molecule has 0 fully saturated rings. The second kappa shape index (κ2) is 7.56. The highest BCUT2D eigenvalue weighted by Crippen LogP contribution is 2.17. The number of hydrogen-bond acceptors (Lipinski definition) is 2. The zero-order valence-electron chi connectivity index (χ0n) is 12.1. The van der Waals surface area contributed by atoms with E-state index >= 15 is 0 Å². The van der Waals surface area contributed by atoms with Crippen LogP contribution in [-0.2, 0) is 6.54 Å². The van der Waals surface area contributed by atoms with Gasteiger partial charge in [0.05, 0.1) is 5.56 Å². The quantitative estimate of drug-likeness (QED) is 0.813. The van der Waals surface area contributed by atoms with Gasteiger partial charge in [-0.05, 0) is 30.5 Å². The Kier molecular flexibility index (Phi) is 5.48. The first kappa shape index (κ1) is 15.2. The number of nitrogens with zero attached hydrogens (tertiary/aromatic N) is 1. The minimum absolute atomic E-state index is 0.104. The maximum atomic E-state index is 13.9. The first-order chi connectivity index (χ1) is 10.2. The maximum Gasteiger partial charge on any atom is 0.145 e. The Labute approximate surface area is 125 Å². The lowest BCUT2D eigenvalue weighted by molar-refractivity contribution is 0.562. The van der Waals surface area contributed by atoms with Crippen molar-refractivity contribution in [2.24, 2.45) is 0 Å². The van der Waals surface area contributed by atoms with Gasteiger partial charge in [0.15, 0.2) is 0 Å². The average Bonchev–Trinajstić information content (AvgIpc) is 2.53. The van der Waals surface area contributed by atoms with E-state index in [2.05, 4.69) is 24.4 Å². The van der Waals surface area contributed by atoms with Crippen LogP contribution in [0, 0.1) is 17.1 Å². The van der Waals surface area contributed by atoms with Crippen LogP contribution in [-0.4, -0.2) is 6.54 Å². The van der Waals surface area contributed by atoms with Gasteiger partial charge in [0.1, 0.15) is 11.9 Å². The largest absolute Gasteiger partial charge is 0.313 e. The summed E-state index contributed by atoms with van der Waals surface area (Å²) in [6.45, 7) is 3.45. The zero-order chi connectivity index (χ0) is 15.1. The molecule has 108 valence electrons. The highest BCUT2D eigenvalue weighted by atomic mass is 19.1. The van der Waals surface area contributed by atoms with Crippen molar-refractivity contribution in [3.8, 4) is 6.07 Å². The molecule has 2 aromatic carbocycles. The Balaban J connectivity index is 1.82.